The summed E-state index contributed by atoms with van der Waals surface area (Å²) in [4.78, 5) is 4.64. The van der Waals surface area contributed by atoms with E-state index in [9.17, 15) is 12.8 Å². The molecule has 3 N–H and O–H groups in total. The van der Waals surface area contributed by atoms with Gasteiger partial charge in [0.15, 0.2) is 5.96 Å². The lowest BCUT2D eigenvalue weighted by molar-refractivity contribution is 0.587. The zero-order chi connectivity index (χ0) is 21.6. The molecular formula is C22H30FIN4O2S. The summed E-state index contributed by atoms with van der Waals surface area (Å²) in [6, 6.07) is 14.2. The minimum absolute atomic E-state index is 0. The molecule has 0 saturated heterocycles. The molecule has 1 fully saturated rings. The molecule has 0 atom stereocenters. The smallest absolute Gasteiger partial charge is 0.215 e. The van der Waals surface area contributed by atoms with Crippen molar-refractivity contribution in [2.45, 2.75) is 37.5 Å². The SMILES string of the molecule is CCNC(=NCc1cccc(CS(=O)(=O)NC)c1)NCC1(c2cccc(F)c2)CC1.I. The molecule has 2 aromatic carbocycles. The van der Waals surface area contributed by atoms with Crippen molar-refractivity contribution in [3.8, 4) is 0 Å². The fourth-order valence-corrected chi connectivity index (χ4v) is 4.17. The molecule has 0 amide bonds. The molecule has 1 saturated carbocycles. The van der Waals surface area contributed by atoms with Crippen LogP contribution in [0, 0.1) is 5.82 Å². The van der Waals surface area contributed by atoms with Gasteiger partial charge in [0.25, 0.3) is 0 Å². The first-order valence-electron chi connectivity index (χ1n) is 10.1. The highest BCUT2D eigenvalue weighted by Gasteiger charge is 2.44. The molecule has 0 aliphatic heterocycles. The molecule has 0 unspecified atom stereocenters. The fraction of sp³-hybridized carbons (Fsp3) is 0.409. The molecule has 3 rings (SSSR count). The fourth-order valence-electron chi connectivity index (χ4n) is 3.41. The predicted molar refractivity (Wildman–Crippen MR) is 134 cm³/mol. The van der Waals surface area contributed by atoms with Crippen molar-refractivity contribution in [1.82, 2.24) is 15.4 Å². The quantitative estimate of drug-likeness (QED) is 0.250. The Bertz CT molecular complexity index is 1010. The van der Waals surface area contributed by atoms with Crippen molar-refractivity contribution in [2.24, 2.45) is 4.99 Å². The maximum absolute atomic E-state index is 13.6. The van der Waals surface area contributed by atoms with E-state index in [1.54, 1.807) is 18.2 Å². The van der Waals surface area contributed by atoms with Gasteiger partial charge in [-0.25, -0.2) is 22.5 Å². The van der Waals surface area contributed by atoms with Crippen molar-refractivity contribution in [3.63, 3.8) is 0 Å². The Morgan fingerprint density at radius 3 is 2.45 bits per heavy atom. The zero-order valence-electron chi connectivity index (χ0n) is 17.8. The highest BCUT2D eigenvalue weighted by atomic mass is 127. The summed E-state index contributed by atoms with van der Waals surface area (Å²) < 4.78 is 39.5. The Morgan fingerprint density at radius 2 is 1.81 bits per heavy atom. The second-order valence-electron chi connectivity index (χ2n) is 7.62. The van der Waals surface area contributed by atoms with Gasteiger partial charge in [-0.3, -0.25) is 0 Å². The summed E-state index contributed by atoms with van der Waals surface area (Å²) in [5.74, 6) is 0.420. The van der Waals surface area contributed by atoms with Gasteiger partial charge in [-0.2, -0.15) is 0 Å². The number of benzene rings is 2. The van der Waals surface area contributed by atoms with Crippen molar-refractivity contribution < 1.29 is 12.8 Å². The van der Waals surface area contributed by atoms with E-state index in [1.807, 2.05) is 31.2 Å². The predicted octanol–water partition coefficient (Wildman–Crippen LogP) is 3.28. The van der Waals surface area contributed by atoms with Crippen molar-refractivity contribution in [2.75, 3.05) is 20.1 Å². The van der Waals surface area contributed by atoms with E-state index >= 15 is 0 Å². The Balaban J connectivity index is 0.00000341. The van der Waals surface area contributed by atoms with Gasteiger partial charge in [0.1, 0.15) is 5.82 Å². The average molecular weight is 560 g/mol. The molecule has 9 heteroatoms. The van der Waals surface area contributed by atoms with Crippen LogP contribution < -0.4 is 15.4 Å². The standard InChI is InChI=1S/C22H29FN4O2S.HI/c1-3-25-21(27-16-22(10-11-22)19-8-5-9-20(23)13-19)26-14-17-6-4-7-18(12-17)15-30(28,29)24-2;/h4-9,12-13,24H,3,10-11,14-16H2,1-2H3,(H2,25,26,27);1H. The summed E-state index contributed by atoms with van der Waals surface area (Å²) in [7, 11) is -1.90. The van der Waals surface area contributed by atoms with Crippen LogP contribution in [0.1, 0.15) is 36.5 Å². The van der Waals surface area contributed by atoms with E-state index in [0.717, 1.165) is 36.1 Å². The molecule has 1 aliphatic rings. The second-order valence-corrected chi connectivity index (χ2v) is 9.55. The molecule has 170 valence electrons. The highest BCUT2D eigenvalue weighted by Crippen LogP contribution is 2.47. The molecule has 0 aromatic heterocycles. The highest BCUT2D eigenvalue weighted by molar-refractivity contribution is 14.0. The van der Waals surface area contributed by atoms with E-state index in [0.29, 0.717) is 19.0 Å². The van der Waals surface area contributed by atoms with Crippen molar-refractivity contribution in [1.29, 1.82) is 0 Å². The minimum atomic E-state index is -3.31. The van der Waals surface area contributed by atoms with Crippen LogP contribution in [0.15, 0.2) is 53.5 Å². The molecule has 0 bridgehead atoms. The summed E-state index contributed by atoms with van der Waals surface area (Å²) in [6.45, 7) is 3.83. The van der Waals surface area contributed by atoms with Gasteiger partial charge in [0, 0.05) is 18.5 Å². The first-order chi connectivity index (χ1) is 14.4. The molecule has 2 aromatic rings. The largest absolute Gasteiger partial charge is 0.357 e. The maximum Gasteiger partial charge on any atom is 0.215 e. The first kappa shape index (κ1) is 25.5. The van der Waals surface area contributed by atoms with Crippen LogP contribution in [0.5, 0.6) is 0 Å². The number of hydrogen-bond acceptors (Lipinski definition) is 3. The average Bonchev–Trinajstić information content (AvgIpc) is 3.51. The summed E-state index contributed by atoms with van der Waals surface area (Å²) in [5, 5.41) is 6.62. The van der Waals surface area contributed by atoms with Gasteiger partial charge in [-0.1, -0.05) is 36.4 Å². The third kappa shape index (κ3) is 7.43. The van der Waals surface area contributed by atoms with Crippen molar-refractivity contribution >= 4 is 40.0 Å². The van der Waals surface area contributed by atoms with E-state index < -0.39 is 10.0 Å². The van der Waals surface area contributed by atoms with Crippen LogP contribution in [-0.2, 0) is 27.7 Å². The summed E-state index contributed by atoms with van der Waals surface area (Å²) in [5.41, 5.74) is 2.63. The normalized spacial score (nSPS) is 15.1. The van der Waals surface area contributed by atoms with Crippen LogP contribution in [0.3, 0.4) is 0 Å². The second kappa shape index (κ2) is 11.2. The van der Waals surface area contributed by atoms with Gasteiger partial charge in [-0.15, -0.1) is 24.0 Å². The molecule has 31 heavy (non-hydrogen) atoms. The monoisotopic (exact) mass is 560 g/mol. The Labute approximate surface area is 201 Å². The molecular weight excluding hydrogens is 530 g/mol. The lowest BCUT2D eigenvalue weighted by atomic mass is 9.96. The Morgan fingerprint density at radius 1 is 1.10 bits per heavy atom. The number of aliphatic imine (C=N–C) groups is 1. The number of guanidine groups is 1. The van der Waals surface area contributed by atoms with Crippen LogP contribution >= 0.6 is 24.0 Å². The van der Waals surface area contributed by atoms with Gasteiger partial charge < -0.3 is 10.6 Å². The number of rotatable bonds is 9. The van der Waals surface area contributed by atoms with Gasteiger partial charge >= 0.3 is 0 Å². The lowest BCUT2D eigenvalue weighted by Crippen LogP contribution is -2.41. The third-order valence-corrected chi connectivity index (χ3v) is 6.64. The topological polar surface area (TPSA) is 82.6 Å². The molecule has 0 radical (unpaired) electrons. The number of hydrogen-bond donors (Lipinski definition) is 3. The first-order valence-corrected chi connectivity index (χ1v) is 11.8. The van der Waals surface area contributed by atoms with Crippen LogP contribution in [0.4, 0.5) is 4.39 Å². The Hall–Kier alpha value is -1.72. The summed E-state index contributed by atoms with van der Waals surface area (Å²) >= 11 is 0. The minimum Gasteiger partial charge on any atom is -0.357 e. The van der Waals surface area contributed by atoms with Gasteiger partial charge in [0.05, 0.1) is 12.3 Å². The van der Waals surface area contributed by atoms with Crippen LogP contribution in [0.25, 0.3) is 0 Å². The summed E-state index contributed by atoms with van der Waals surface area (Å²) in [6.07, 6.45) is 2.04. The zero-order valence-corrected chi connectivity index (χ0v) is 21.0. The molecule has 0 spiro atoms. The van der Waals surface area contributed by atoms with Gasteiger partial charge in [-0.05, 0) is 55.6 Å². The lowest BCUT2D eigenvalue weighted by Gasteiger charge is -2.19. The number of halogens is 2. The molecule has 0 heterocycles. The van der Waals surface area contributed by atoms with Crippen LogP contribution in [0.2, 0.25) is 0 Å². The number of nitrogens with zero attached hydrogens (tertiary/aromatic N) is 1. The van der Waals surface area contributed by atoms with Gasteiger partial charge in [0.2, 0.25) is 10.0 Å². The van der Waals surface area contributed by atoms with Crippen LogP contribution in [-0.4, -0.2) is 34.5 Å². The Kier molecular flexibility index (Phi) is 9.26. The number of nitrogens with one attached hydrogen (secondary N) is 3. The van der Waals surface area contributed by atoms with E-state index in [2.05, 4.69) is 20.3 Å². The van der Waals surface area contributed by atoms with E-state index in [1.165, 1.54) is 13.1 Å². The number of sulfonamides is 1. The molecule has 6 nitrogen and oxygen atoms in total. The van der Waals surface area contributed by atoms with Crippen molar-refractivity contribution in [3.05, 3.63) is 71.0 Å². The van der Waals surface area contributed by atoms with E-state index in [4.69, 9.17) is 0 Å². The van der Waals surface area contributed by atoms with E-state index in [-0.39, 0.29) is 41.0 Å². The maximum atomic E-state index is 13.6. The molecule has 1 aliphatic carbocycles. The third-order valence-electron chi connectivity index (χ3n) is 5.31.